The highest BCUT2D eigenvalue weighted by Gasteiger charge is 2.22. The maximum atomic E-state index is 12.0. The van der Waals surface area contributed by atoms with E-state index in [9.17, 15) is 8.42 Å². The van der Waals surface area contributed by atoms with Crippen LogP contribution in [-0.2, 0) is 21.8 Å². The first kappa shape index (κ1) is 15.5. The molecule has 1 heterocycles. The summed E-state index contributed by atoms with van der Waals surface area (Å²) in [6.45, 7) is 1.09. The molecule has 1 rings (SSSR count). The molecule has 7 nitrogen and oxygen atoms in total. The zero-order valence-electron chi connectivity index (χ0n) is 10.4. The van der Waals surface area contributed by atoms with Gasteiger partial charge in [-0.3, -0.25) is 0 Å². The molecule has 1 N–H and O–H groups in total. The van der Waals surface area contributed by atoms with E-state index in [0.717, 1.165) is 19.3 Å². The van der Waals surface area contributed by atoms with Crippen molar-refractivity contribution in [3.8, 4) is 0 Å². The SMILES string of the molecule is COCCCCCNS(=O)(=O)c1c(Br)nnn1C. The number of unbranched alkanes of at least 4 members (excludes halogenated alkanes) is 2. The number of rotatable bonds is 8. The van der Waals surface area contributed by atoms with E-state index in [1.54, 1.807) is 7.11 Å². The van der Waals surface area contributed by atoms with Crippen molar-refractivity contribution in [3.05, 3.63) is 4.60 Å². The smallest absolute Gasteiger partial charge is 0.260 e. The fourth-order valence-electron chi connectivity index (χ4n) is 1.43. The third-order valence-electron chi connectivity index (χ3n) is 2.31. The lowest BCUT2D eigenvalue weighted by atomic mass is 10.2. The molecule has 0 spiro atoms. The maximum absolute atomic E-state index is 12.0. The van der Waals surface area contributed by atoms with Gasteiger partial charge < -0.3 is 4.74 Å². The first-order chi connectivity index (χ1) is 8.49. The summed E-state index contributed by atoms with van der Waals surface area (Å²) in [7, 11) is -0.380. The summed E-state index contributed by atoms with van der Waals surface area (Å²) in [6, 6.07) is 0. The second kappa shape index (κ2) is 7.17. The van der Waals surface area contributed by atoms with Gasteiger partial charge in [-0.25, -0.2) is 17.8 Å². The molecule has 0 saturated heterocycles. The van der Waals surface area contributed by atoms with Gasteiger partial charge in [0, 0.05) is 27.3 Å². The van der Waals surface area contributed by atoms with Crippen molar-refractivity contribution >= 4 is 26.0 Å². The lowest BCUT2D eigenvalue weighted by molar-refractivity contribution is 0.192. The van der Waals surface area contributed by atoms with Crippen LogP contribution in [0.2, 0.25) is 0 Å². The molecule has 0 radical (unpaired) electrons. The van der Waals surface area contributed by atoms with Crippen molar-refractivity contribution in [2.24, 2.45) is 7.05 Å². The Morgan fingerprint density at radius 2 is 2.11 bits per heavy atom. The third kappa shape index (κ3) is 4.30. The Morgan fingerprint density at radius 1 is 1.39 bits per heavy atom. The Kier molecular flexibility index (Phi) is 6.19. The zero-order chi connectivity index (χ0) is 13.6. The molecule has 0 bridgehead atoms. The number of nitrogens with zero attached hydrogens (tertiary/aromatic N) is 3. The van der Waals surface area contributed by atoms with Gasteiger partial charge in [-0.1, -0.05) is 5.21 Å². The molecule has 0 unspecified atom stereocenters. The molecule has 9 heteroatoms. The van der Waals surface area contributed by atoms with Gasteiger partial charge in [-0.05, 0) is 35.2 Å². The average Bonchev–Trinajstić information content (AvgIpc) is 2.64. The van der Waals surface area contributed by atoms with Crippen LogP contribution < -0.4 is 4.72 Å². The molecule has 1 aromatic rings. The number of sulfonamides is 1. The number of hydrogen-bond acceptors (Lipinski definition) is 5. The Labute approximate surface area is 115 Å². The van der Waals surface area contributed by atoms with E-state index in [4.69, 9.17) is 4.74 Å². The predicted molar refractivity (Wildman–Crippen MR) is 69.6 cm³/mol. The lowest BCUT2D eigenvalue weighted by Crippen LogP contribution is -2.27. The topological polar surface area (TPSA) is 86.1 Å². The summed E-state index contributed by atoms with van der Waals surface area (Å²) in [5, 5.41) is 7.32. The van der Waals surface area contributed by atoms with Crippen LogP contribution in [0.4, 0.5) is 0 Å². The van der Waals surface area contributed by atoms with E-state index in [0.29, 0.717) is 13.2 Å². The van der Waals surface area contributed by atoms with Gasteiger partial charge in [0.05, 0.1) is 0 Å². The van der Waals surface area contributed by atoms with Crippen molar-refractivity contribution in [2.75, 3.05) is 20.3 Å². The van der Waals surface area contributed by atoms with E-state index >= 15 is 0 Å². The normalized spacial score (nSPS) is 11.9. The molecule has 0 aromatic carbocycles. The highest BCUT2D eigenvalue weighted by Crippen LogP contribution is 2.17. The monoisotopic (exact) mass is 340 g/mol. The van der Waals surface area contributed by atoms with E-state index in [1.165, 1.54) is 11.7 Å². The molecule has 104 valence electrons. The molecule has 0 saturated carbocycles. The van der Waals surface area contributed by atoms with Crippen LogP contribution in [0, 0.1) is 0 Å². The highest BCUT2D eigenvalue weighted by atomic mass is 79.9. The second-order valence-corrected chi connectivity index (χ2v) is 6.19. The summed E-state index contributed by atoms with van der Waals surface area (Å²) >= 11 is 3.07. The minimum Gasteiger partial charge on any atom is -0.385 e. The van der Waals surface area contributed by atoms with Gasteiger partial charge in [0.15, 0.2) is 4.60 Å². The summed E-state index contributed by atoms with van der Waals surface area (Å²) in [5.74, 6) is 0. The molecule has 0 aliphatic rings. The molecule has 0 amide bonds. The zero-order valence-corrected chi connectivity index (χ0v) is 12.8. The molecule has 0 aliphatic heterocycles. The largest absolute Gasteiger partial charge is 0.385 e. The summed E-state index contributed by atoms with van der Waals surface area (Å²) in [5.41, 5.74) is 0. The summed E-state index contributed by atoms with van der Waals surface area (Å²) < 4.78 is 32.8. The standard InChI is InChI=1S/C9H17BrN4O3S/c1-14-9(8(10)12-13-14)18(15,16)11-6-4-3-5-7-17-2/h11H,3-7H2,1-2H3. The molecular weight excluding hydrogens is 324 g/mol. The number of ether oxygens (including phenoxy) is 1. The number of halogens is 1. The van der Waals surface area contributed by atoms with E-state index in [2.05, 4.69) is 31.0 Å². The van der Waals surface area contributed by atoms with Crippen LogP contribution in [0.5, 0.6) is 0 Å². The van der Waals surface area contributed by atoms with Crippen LogP contribution in [0.1, 0.15) is 19.3 Å². The fraction of sp³-hybridized carbons (Fsp3) is 0.778. The van der Waals surface area contributed by atoms with Gasteiger partial charge in [0.1, 0.15) is 0 Å². The molecule has 0 aliphatic carbocycles. The van der Waals surface area contributed by atoms with Crippen LogP contribution in [0.25, 0.3) is 0 Å². The number of nitrogens with one attached hydrogen (secondary N) is 1. The van der Waals surface area contributed by atoms with Crippen molar-refractivity contribution in [2.45, 2.75) is 24.3 Å². The second-order valence-electron chi connectivity index (χ2n) is 3.76. The number of aryl methyl sites for hydroxylation is 1. The van der Waals surface area contributed by atoms with Crippen LogP contribution in [0.3, 0.4) is 0 Å². The number of methoxy groups -OCH3 is 1. The van der Waals surface area contributed by atoms with Gasteiger partial charge >= 0.3 is 0 Å². The van der Waals surface area contributed by atoms with Gasteiger partial charge in [-0.2, -0.15) is 0 Å². The number of aromatic nitrogens is 3. The van der Waals surface area contributed by atoms with Crippen molar-refractivity contribution < 1.29 is 13.2 Å². The predicted octanol–water partition coefficient (Wildman–Crippen LogP) is 0.673. The van der Waals surface area contributed by atoms with E-state index in [1.807, 2.05) is 0 Å². The van der Waals surface area contributed by atoms with Crippen LogP contribution in [-0.4, -0.2) is 43.7 Å². The maximum Gasteiger partial charge on any atom is 0.260 e. The van der Waals surface area contributed by atoms with E-state index in [-0.39, 0.29) is 9.63 Å². The van der Waals surface area contributed by atoms with Crippen molar-refractivity contribution in [1.29, 1.82) is 0 Å². The van der Waals surface area contributed by atoms with Gasteiger partial charge in [-0.15, -0.1) is 5.10 Å². The summed E-state index contributed by atoms with van der Waals surface area (Å²) in [4.78, 5) is 0. The highest BCUT2D eigenvalue weighted by molar-refractivity contribution is 9.10. The first-order valence-corrected chi connectivity index (χ1v) is 7.80. The van der Waals surface area contributed by atoms with E-state index < -0.39 is 10.0 Å². The van der Waals surface area contributed by atoms with Crippen LogP contribution >= 0.6 is 15.9 Å². The molecular formula is C9H17BrN4O3S. The first-order valence-electron chi connectivity index (χ1n) is 5.53. The molecule has 0 atom stereocenters. The quantitative estimate of drug-likeness (QED) is 0.703. The average molecular weight is 341 g/mol. The Hall–Kier alpha value is -0.510. The fourth-order valence-corrected chi connectivity index (χ4v) is 3.59. The Balaban J connectivity index is 2.46. The molecule has 0 fully saturated rings. The van der Waals surface area contributed by atoms with Gasteiger partial charge in [0.25, 0.3) is 10.0 Å². The van der Waals surface area contributed by atoms with Gasteiger partial charge in [0.2, 0.25) is 5.03 Å². The summed E-state index contributed by atoms with van der Waals surface area (Å²) in [6.07, 6.45) is 2.61. The molecule has 1 aromatic heterocycles. The minimum absolute atomic E-state index is 0.0411. The number of hydrogen-bond donors (Lipinski definition) is 1. The van der Waals surface area contributed by atoms with Crippen LogP contribution in [0.15, 0.2) is 9.63 Å². The van der Waals surface area contributed by atoms with Crippen molar-refractivity contribution in [3.63, 3.8) is 0 Å². The minimum atomic E-state index is -3.56. The Morgan fingerprint density at radius 3 is 2.67 bits per heavy atom. The third-order valence-corrected chi connectivity index (χ3v) is 4.66. The van der Waals surface area contributed by atoms with Crippen molar-refractivity contribution in [1.82, 2.24) is 19.7 Å². The lowest BCUT2D eigenvalue weighted by Gasteiger charge is -2.06. The molecule has 18 heavy (non-hydrogen) atoms. The Bertz CT molecular complexity index is 455.